The molecule has 1 radical (unpaired) electrons. The SMILES string of the molecule is CCN1CCC(C2(OC)CC([O])CCN2CC)CC1. The smallest absolute Gasteiger partial charge is 0.126 e. The zero-order valence-electron chi connectivity index (χ0n) is 12.7. The van der Waals surface area contributed by atoms with Crippen LogP contribution in [0.4, 0.5) is 0 Å². The van der Waals surface area contributed by atoms with E-state index in [1.54, 1.807) is 7.11 Å². The second-order valence-electron chi connectivity index (χ2n) is 5.95. The lowest BCUT2D eigenvalue weighted by Gasteiger charge is -2.53. The highest BCUT2D eigenvalue weighted by Gasteiger charge is 2.48. The Balaban J connectivity index is 2.11. The van der Waals surface area contributed by atoms with Crippen molar-refractivity contribution in [3.63, 3.8) is 0 Å². The second-order valence-corrected chi connectivity index (χ2v) is 5.95. The van der Waals surface area contributed by atoms with E-state index in [0.29, 0.717) is 12.3 Å². The van der Waals surface area contributed by atoms with E-state index >= 15 is 0 Å². The van der Waals surface area contributed by atoms with E-state index in [9.17, 15) is 5.11 Å². The second kappa shape index (κ2) is 6.53. The fourth-order valence-electron chi connectivity index (χ4n) is 3.98. The number of hydrogen-bond acceptors (Lipinski definition) is 3. The molecule has 19 heavy (non-hydrogen) atoms. The minimum atomic E-state index is -0.452. The summed E-state index contributed by atoms with van der Waals surface area (Å²) in [6.45, 7) is 9.70. The van der Waals surface area contributed by atoms with E-state index in [4.69, 9.17) is 4.74 Å². The van der Waals surface area contributed by atoms with Gasteiger partial charge >= 0.3 is 0 Å². The van der Waals surface area contributed by atoms with Crippen LogP contribution in [-0.4, -0.2) is 61.5 Å². The van der Waals surface area contributed by atoms with Crippen LogP contribution in [0, 0.1) is 5.92 Å². The van der Waals surface area contributed by atoms with Gasteiger partial charge in [0.1, 0.15) is 5.72 Å². The third kappa shape index (κ3) is 2.97. The maximum Gasteiger partial charge on any atom is 0.126 e. The highest BCUT2D eigenvalue weighted by atomic mass is 16.5. The van der Waals surface area contributed by atoms with Crippen LogP contribution in [0.25, 0.3) is 0 Å². The molecule has 4 nitrogen and oxygen atoms in total. The number of nitrogens with zero attached hydrogens (tertiary/aromatic N) is 2. The van der Waals surface area contributed by atoms with Gasteiger partial charge in [0, 0.05) is 26.0 Å². The van der Waals surface area contributed by atoms with Gasteiger partial charge in [0.25, 0.3) is 0 Å². The third-order valence-electron chi connectivity index (χ3n) is 5.18. The zero-order valence-corrected chi connectivity index (χ0v) is 12.7. The summed E-state index contributed by atoms with van der Waals surface area (Å²) in [4.78, 5) is 4.90. The Kier molecular flexibility index (Phi) is 5.23. The molecule has 2 atom stereocenters. The molecule has 2 unspecified atom stereocenters. The van der Waals surface area contributed by atoms with Crippen molar-refractivity contribution < 1.29 is 9.84 Å². The maximum absolute atomic E-state index is 12.0. The van der Waals surface area contributed by atoms with E-state index < -0.39 is 6.10 Å². The molecular weight excluding hydrogens is 240 g/mol. The molecule has 0 aromatic heterocycles. The molecule has 0 bridgehead atoms. The molecule has 0 aromatic rings. The molecule has 2 aliphatic rings. The summed E-state index contributed by atoms with van der Waals surface area (Å²) < 4.78 is 5.97. The molecule has 2 aliphatic heterocycles. The number of rotatable bonds is 4. The lowest BCUT2D eigenvalue weighted by Crippen LogP contribution is -2.62. The van der Waals surface area contributed by atoms with E-state index in [-0.39, 0.29) is 5.72 Å². The van der Waals surface area contributed by atoms with E-state index in [2.05, 4.69) is 23.6 Å². The largest absolute Gasteiger partial charge is 0.363 e. The molecule has 0 aromatic carbocycles. The van der Waals surface area contributed by atoms with Crippen LogP contribution in [0.5, 0.6) is 0 Å². The van der Waals surface area contributed by atoms with E-state index in [1.165, 1.54) is 0 Å². The summed E-state index contributed by atoms with van der Waals surface area (Å²) in [5.41, 5.74) is -0.292. The molecule has 2 heterocycles. The highest BCUT2D eigenvalue weighted by molar-refractivity contribution is 4.95. The van der Waals surface area contributed by atoms with Crippen molar-refractivity contribution >= 4 is 0 Å². The molecule has 111 valence electrons. The van der Waals surface area contributed by atoms with Gasteiger partial charge in [0.2, 0.25) is 0 Å². The Labute approximate surface area is 117 Å². The number of likely N-dealkylation sites (tertiary alicyclic amines) is 2. The molecular formula is C15H29N2O2. The highest BCUT2D eigenvalue weighted by Crippen LogP contribution is 2.40. The Morgan fingerprint density at radius 1 is 1.11 bits per heavy atom. The number of ether oxygens (including phenoxy) is 1. The van der Waals surface area contributed by atoms with Gasteiger partial charge < -0.3 is 9.64 Å². The first-order chi connectivity index (χ1) is 9.16. The van der Waals surface area contributed by atoms with Gasteiger partial charge in [-0.25, -0.2) is 5.11 Å². The summed E-state index contributed by atoms with van der Waals surface area (Å²) in [5, 5.41) is 12.0. The van der Waals surface area contributed by atoms with Gasteiger partial charge in [-0.2, -0.15) is 0 Å². The first-order valence-corrected chi connectivity index (χ1v) is 7.84. The summed E-state index contributed by atoms with van der Waals surface area (Å²) in [6.07, 6.45) is 3.29. The number of piperidine rings is 2. The van der Waals surface area contributed by atoms with E-state index in [0.717, 1.165) is 52.0 Å². The molecule has 4 heteroatoms. The van der Waals surface area contributed by atoms with Crippen LogP contribution in [0.1, 0.15) is 39.5 Å². The number of methoxy groups -OCH3 is 1. The van der Waals surface area contributed by atoms with Gasteiger partial charge in [0.15, 0.2) is 0 Å². The van der Waals surface area contributed by atoms with Crippen molar-refractivity contribution in [2.45, 2.75) is 51.4 Å². The maximum atomic E-state index is 12.0. The standard InChI is InChI=1S/C15H29N2O2/c1-4-16-9-6-13(7-10-16)15(19-3)12-14(18)8-11-17(15)5-2/h13-14H,4-12H2,1-3H3. The molecule has 2 rings (SSSR count). The first kappa shape index (κ1) is 15.2. The van der Waals surface area contributed by atoms with Crippen LogP contribution in [-0.2, 0) is 9.84 Å². The van der Waals surface area contributed by atoms with Crippen LogP contribution in [0.3, 0.4) is 0 Å². The van der Waals surface area contributed by atoms with Gasteiger partial charge in [0.05, 0.1) is 6.10 Å². The van der Waals surface area contributed by atoms with Crippen molar-refractivity contribution in [2.24, 2.45) is 5.92 Å². The molecule has 0 spiro atoms. The van der Waals surface area contributed by atoms with Crippen LogP contribution >= 0.6 is 0 Å². The molecule has 2 fully saturated rings. The quantitative estimate of drug-likeness (QED) is 0.783. The monoisotopic (exact) mass is 269 g/mol. The van der Waals surface area contributed by atoms with Crippen molar-refractivity contribution in [1.29, 1.82) is 0 Å². The van der Waals surface area contributed by atoms with Crippen LogP contribution in [0.2, 0.25) is 0 Å². The summed E-state index contributed by atoms with van der Waals surface area (Å²) in [6, 6.07) is 0. The lowest BCUT2D eigenvalue weighted by atomic mass is 9.79. The van der Waals surface area contributed by atoms with E-state index in [1.807, 2.05) is 0 Å². The zero-order chi connectivity index (χ0) is 13.9. The normalized spacial score (nSPS) is 35.7. The summed E-state index contributed by atoms with van der Waals surface area (Å²) >= 11 is 0. The Morgan fingerprint density at radius 2 is 1.79 bits per heavy atom. The van der Waals surface area contributed by atoms with Crippen molar-refractivity contribution in [3.05, 3.63) is 0 Å². The molecule has 0 amide bonds. The predicted molar refractivity (Wildman–Crippen MR) is 75.5 cm³/mol. The number of hydrogen-bond donors (Lipinski definition) is 0. The predicted octanol–water partition coefficient (Wildman–Crippen LogP) is 1.98. The Morgan fingerprint density at radius 3 is 2.32 bits per heavy atom. The van der Waals surface area contributed by atoms with Gasteiger partial charge in [-0.05, 0) is 45.4 Å². The molecule has 2 saturated heterocycles. The van der Waals surface area contributed by atoms with Gasteiger partial charge in [-0.15, -0.1) is 0 Å². The average molecular weight is 269 g/mol. The average Bonchev–Trinajstić information content (AvgIpc) is 2.47. The molecule has 0 N–H and O–H groups in total. The fourth-order valence-corrected chi connectivity index (χ4v) is 3.98. The minimum absolute atomic E-state index is 0.292. The van der Waals surface area contributed by atoms with Crippen molar-refractivity contribution in [1.82, 2.24) is 9.80 Å². The van der Waals surface area contributed by atoms with Crippen molar-refractivity contribution in [3.8, 4) is 0 Å². The molecule has 0 saturated carbocycles. The summed E-state index contributed by atoms with van der Waals surface area (Å²) in [7, 11) is 1.80. The Hall–Kier alpha value is -0.160. The van der Waals surface area contributed by atoms with Crippen molar-refractivity contribution in [2.75, 3.05) is 39.8 Å². The third-order valence-corrected chi connectivity index (χ3v) is 5.18. The summed E-state index contributed by atoms with van der Waals surface area (Å²) in [5.74, 6) is 0.511. The van der Waals surface area contributed by atoms with Crippen LogP contribution < -0.4 is 0 Å². The molecule has 0 aliphatic carbocycles. The minimum Gasteiger partial charge on any atom is -0.363 e. The first-order valence-electron chi connectivity index (χ1n) is 7.84. The lowest BCUT2D eigenvalue weighted by molar-refractivity contribution is -0.223. The van der Waals surface area contributed by atoms with Crippen LogP contribution in [0.15, 0.2) is 0 Å². The van der Waals surface area contributed by atoms with Gasteiger partial charge in [-0.3, -0.25) is 4.90 Å². The Bertz CT molecular complexity index is 279. The van der Waals surface area contributed by atoms with Gasteiger partial charge in [-0.1, -0.05) is 13.8 Å². The fraction of sp³-hybridized carbons (Fsp3) is 1.00. The topological polar surface area (TPSA) is 35.6 Å².